The summed E-state index contributed by atoms with van der Waals surface area (Å²) >= 11 is 0. The predicted octanol–water partition coefficient (Wildman–Crippen LogP) is 1.30. The molecule has 0 saturated carbocycles. The molecular weight excluding hydrogens is 171 g/mol. The van der Waals surface area contributed by atoms with E-state index < -0.39 is 5.95 Å². The first-order valence-electron chi connectivity index (χ1n) is 4.05. The summed E-state index contributed by atoms with van der Waals surface area (Å²) in [5.74, 6) is -0.457. The third kappa shape index (κ3) is 2.99. The Morgan fingerprint density at radius 2 is 2.38 bits per heavy atom. The Bertz CT molecular complexity index is 268. The number of likely N-dealkylation sites (N-methyl/N-ethyl adjacent to an activating group) is 1. The Balaban J connectivity index is 2.60. The lowest BCUT2D eigenvalue weighted by atomic mass is 10.3. The zero-order valence-corrected chi connectivity index (χ0v) is 7.83. The molecule has 0 aliphatic carbocycles. The van der Waals surface area contributed by atoms with Crippen molar-refractivity contribution in [2.24, 2.45) is 0 Å². The molecule has 0 spiro atoms. The second-order valence-electron chi connectivity index (χ2n) is 2.75. The molecule has 0 radical (unpaired) electrons. The van der Waals surface area contributed by atoms with Crippen molar-refractivity contribution in [3.05, 3.63) is 24.3 Å². The van der Waals surface area contributed by atoms with Gasteiger partial charge in [0.1, 0.15) is 0 Å². The quantitative estimate of drug-likeness (QED) is 0.659. The molecule has 3 nitrogen and oxygen atoms in total. The summed E-state index contributed by atoms with van der Waals surface area (Å²) in [5.41, 5.74) is 0.810. The van der Waals surface area contributed by atoms with E-state index >= 15 is 0 Å². The van der Waals surface area contributed by atoms with Crippen molar-refractivity contribution in [1.29, 1.82) is 0 Å². The Morgan fingerprint density at radius 3 is 3.00 bits per heavy atom. The van der Waals surface area contributed by atoms with Crippen LogP contribution in [0, 0.1) is 5.95 Å². The second kappa shape index (κ2) is 4.77. The van der Waals surface area contributed by atoms with Gasteiger partial charge < -0.3 is 9.64 Å². The minimum Gasteiger partial charge on any atom is -0.383 e. The molecule has 0 fully saturated rings. The van der Waals surface area contributed by atoms with Crippen LogP contribution in [0.15, 0.2) is 18.3 Å². The van der Waals surface area contributed by atoms with Crippen molar-refractivity contribution in [2.45, 2.75) is 0 Å². The van der Waals surface area contributed by atoms with E-state index in [4.69, 9.17) is 4.74 Å². The molecule has 1 heterocycles. The van der Waals surface area contributed by atoms with E-state index in [2.05, 4.69) is 4.98 Å². The number of halogens is 1. The molecule has 0 bridgehead atoms. The number of rotatable bonds is 4. The highest BCUT2D eigenvalue weighted by Crippen LogP contribution is 2.11. The van der Waals surface area contributed by atoms with Gasteiger partial charge in [0.2, 0.25) is 5.95 Å². The van der Waals surface area contributed by atoms with Crippen LogP contribution in [0.5, 0.6) is 0 Å². The minimum atomic E-state index is -0.457. The van der Waals surface area contributed by atoms with Crippen LogP contribution in [0.25, 0.3) is 0 Å². The summed E-state index contributed by atoms with van der Waals surface area (Å²) in [7, 11) is 3.52. The van der Waals surface area contributed by atoms with Crippen LogP contribution < -0.4 is 4.90 Å². The number of methoxy groups -OCH3 is 1. The van der Waals surface area contributed by atoms with Crippen molar-refractivity contribution < 1.29 is 9.13 Å². The summed E-state index contributed by atoms with van der Waals surface area (Å²) in [4.78, 5) is 5.39. The fourth-order valence-electron chi connectivity index (χ4n) is 0.987. The first kappa shape index (κ1) is 9.92. The topological polar surface area (TPSA) is 25.4 Å². The first-order chi connectivity index (χ1) is 6.24. The molecule has 72 valence electrons. The van der Waals surface area contributed by atoms with Crippen LogP contribution in [0.2, 0.25) is 0 Å². The number of hydrogen-bond donors (Lipinski definition) is 0. The average Bonchev–Trinajstić information content (AvgIpc) is 2.14. The van der Waals surface area contributed by atoms with Crippen molar-refractivity contribution in [3.63, 3.8) is 0 Å². The predicted molar refractivity (Wildman–Crippen MR) is 49.3 cm³/mol. The average molecular weight is 184 g/mol. The summed E-state index contributed by atoms with van der Waals surface area (Å²) < 4.78 is 17.6. The first-order valence-corrected chi connectivity index (χ1v) is 4.05. The lowest BCUT2D eigenvalue weighted by Crippen LogP contribution is -2.22. The van der Waals surface area contributed by atoms with Gasteiger partial charge in [-0.2, -0.15) is 4.39 Å². The molecule has 0 N–H and O–H groups in total. The van der Waals surface area contributed by atoms with Crippen LogP contribution in [0.4, 0.5) is 10.1 Å². The molecule has 1 rings (SSSR count). The van der Waals surface area contributed by atoms with Crippen molar-refractivity contribution in [1.82, 2.24) is 4.98 Å². The molecule has 0 saturated heterocycles. The van der Waals surface area contributed by atoms with Crippen LogP contribution in [-0.2, 0) is 4.74 Å². The van der Waals surface area contributed by atoms with Gasteiger partial charge in [0.05, 0.1) is 6.61 Å². The third-order valence-corrected chi connectivity index (χ3v) is 1.78. The Morgan fingerprint density at radius 1 is 1.62 bits per heavy atom. The van der Waals surface area contributed by atoms with Gasteiger partial charge in [-0.3, -0.25) is 0 Å². The van der Waals surface area contributed by atoms with Gasteiger partial charge in [-0.05, 0) is 6.07 Å². The van der Waals surface area contributed by atoms with E-state index in [-0.39, 0.29) is 0 Å². The number of pyridine rings is 1. The summed E-state index contributed by atoms with van der Waals surface area (Å²) in [5, 5.41) is 0. The minimum absolute atomic E-state index is 0.457. The number of ether oxygens (including phenoxy) is 1. The van der Waals surface area contributed by atoms with Crippen LogP contribution in [0.1, 0.15) is 0 Å². The Labute approximate surface area is 77.1 Å². The van der Waals surface area contributed by atoms with Crippen LogP contribution in [-0.4, -0.2) is 32.3 Å². The largest absolute Gasteiger partial charge is 0.383 e. The van der Waals surface area contributed by atoms with Crippen LogP contribution in [0.3, 0.4) is 0 Å². The normalized spacial score (nSPS) is 10.1. The van der Waals surface area contributed by atoms with E-state index in [1.54, 1.807) is 13.2 Å². The SMILES string of the molecule is COCCN(C)c1ccnc(F)c1. The van der Waals surface area contributed by atoms with Crippen molar-refractivity contribution >= 4 is 5.69 Å². The molecular formula is C9H13FN2O. The van der Waals surface area contributed by atoms with E-state index in [0.717, 1.165) is 12.2 Å². The van der Waals surface area contributed by atoms with E-state index in [0.29, 0.717) is 6.61 Å². The number of anilines is 1. The van der Waals surface area contributed by atoms with E-state index in [9.17, 15) is 4.39 Å². The maximum atomic E-state index is 12.7. The number of aromatic nitrogens is 1. The molecule has 4 heteroatoms. The maximum absolute atomic E-state index is 12.7. The molecule has 0 aliphatic rings. The van der Waals surface area contributed by atoms with Gasteiger partial charge in [-0.1, -0.05) is 0 Å². The van der Waals surface area contributed by atoms with E-state index in [1.165, 1.54) is 12.3 Å². The van der Waals surface area contributed by atoms with Gasteiger partial charge in [0.25, 0.3) is 0 Å². The highest BCUT2D eigenvalue weighted by molar-refractivity contribution is 5.43. The zero-order valence-electron chi connectivity index (χ0n) is 7.83. The van der Waals surface area contributed by atoms with Crippen molar-refractivity contribution in [3.8, 4) is 0 Å². The van der Waals surface area contributed by atoms with Crippen LogP contribution >= 0.6 is 0 Å². The highest BCUT2D eigenvalue weighted by Gasteiger charge is 2.01. The van der Waals surface area contributed by atoms with Gasteiger partial charge in [-0.15, -0.1) is 0 Å². The fourth-order valence-corrected chi connectivity index (χ4v) is 0.987. The smallest absolute Gasteiger partial charge is 0.214 e. The molecule has 0 aliphatic heterocycles. The Kier molecular flexibility index (Phi) is 3.64. The molecule has 0 aromatic carbocycles. The fraction of sp³-hybridized carbons (Fsp3) is 0.444. The molecule has 1 aromatic rings. The summed E-state index contributed by atoms with van der Waals surface area (Å²) in [6, 6.07) is 3.16. The number of nitrogens with zero attached hydrogens (tertiary/aromatic N) is 2. The maximum Gasteiger partial charge on any atom is 0.214 e. The van der Waals surface area contributed by atoms with Gasteiger partial charge in [-0.25, -0.2) is 4.98 Å². The molecule has 0 unspecified atom stereocenters. The lowest BCUT2D eigenvalue weighted by Gasteiger charge is -2.18. The molecule has 1 aromatic heterocycles. The van der Waals surface area contributed by atoms with Gasteiger partial charge in [0, 0.05) is 38.7 Å². The molecule has 13 heavy (non-hydrogen) atoms. The molecule has 0 amide bonds. The monoisotopic (exact) mass is 184 g/mol. The summed E-state index contributed by atoms with van der Waals surface area (Å²) in [6.45, 7) is 1.36. The Hall–Kier alpha value is -1.16. The highest BCUT2D eigenvalue weighted by atomic mass is 19.1. The van der Waals surface area contributed by atoms with E-state index in [1.807, 2.05) is 11.9 Å². The third-order valence-electron chi connectivity index (χ3n) is 1.78. The molecule has 0 atom stereocenters. The van der Waals surface area contributed by atoms with Gasteiger partial charge >= 0.3 is 0 Å². The lowest BCUT2D eigenvalue weighted by molar-refractivity contribution is 0.206. The summed E-state index contributed by atoms with van der Waals surface area (Å²) in [6.07, 6.45) is 1.45. The standard InChI is InChI=1S/C9H13FN2O/c1-12(5-6-13-2)8-3-4-11-9(10)7-8/h3-4,7H,5-6H2,1-2H3. The van der Waals surface area contributed by atoms with Gasteiger partial charge in [0.15, 0.2) is 0 Å². The number of hydrogen-bond acceptors (Lipinski definition) is 3. The second-order valence-corrected chi connectivity index (χ2v) is 2.75. The van der Waals surface area contributed by atoms with Crippen molar-refractivity contribution in [2.75, 3.05) is 32.2 Å². The zero-order chi connectivity index (χ0) is 9.68.